The van der Waals surface area contributed by atoms with Gasteiger partial charge in [0, 0.05) is 16.1 Å². The lowest BCUT2D eigenvalue weighted by atomic mass is 10.1. The summed E-state index contributed by atoms with van der Waals surface area (Å²) < 4.78 is 13.6. The average molecular weight is 276 g/mol. The molecule has 0 amide bonds. The Kier molecular flexibility index (Phi) is 3.38. The van der Waals surface area contributed by atoms with Crippen molar-refractivity contribution in [2.75, 3.05) is 0 Å². The first-order valence-electron chi connectivity index (χ1n) is 4.49. The summed E-state index contributed by atoms with van der Waals surface area (Å²) in [5.41, 5.74) is 0.833. The Labute approximate surface area is 108 Å². The van der Waals surface area contributed by atoms with Gasteiger partial charge < -0.3 is 0 Å². The van der Waals surface area contributed by atoms with Gasteiger partial charge in [-0.1, -0.05) is 53.0 Å². The summed E-state index contributed by atoms with van der Waals surface area (Å²) in [4.78, 5) is 0. The fourth-order valence-corrected chi connectivity index (χ4v) is 2.48. The highest BCUT2D eigenvalue weighted by atomic mass is 35.5. The molecule has 0 radical (unpaired) electrons. The number of hydrogen-bond donors (Lipinski definition) is 0. The Morgan fingerprint density at radius 1 is 0.875 bits per heavy atom. The standard InChI is InChI=1S/C12H6Cl3F/c13-7-5-9(14)12(10(15)6-7)8-3-1-2-4-11(8)16/h1-6H. The average Bonchev–Trinajstić information content (AvgIpc) is 2.19. The van der Waals surface area contributed by atoms with Gasteiger partial charge in [-0.25, -0.2) is 4.39 Å². The lowest BCUT2D eigenvalue weighted by molar-refractivity contribution is 0.631. The van der Waals surface area contributed by atoms with E-state index in [0.717, 1.165) is 0 Å². The highest BCUT2D eigenvalue weighted by Gasteiger charge is 2.13. The molecule has 0 N–H and O–H groups in total. The van der Waals surface area contributed by atoms with E-state index in [0.29, 0.717) is 26.2 Å². The Morgan fingerprint density at radius 3 is 2.00 bits per heavy atom. The summed E-state index contributed by atoms with van der Waals surface area (Å²) >= 11 is 17.8. The molecule has 0 aliphatic heterocycles. The van der Waals surface area contributed by atoms with E-state index in [4.69, 9.17) is 34.8 Å². The SMILES string of the molecule is Fc1ccccc1-c1c(Cl)cc(Cl)cc1Cl. The second-order valence-corrected chi connectivity index (χ2v) is 4.48. The molecule has 0 atom stereocenters. The minimum absolute atomic E-state index is 0.336. The maximum atomic E-state index is 13.6. The third kappa shape index (κ3) is 2.17. The van der Waals surface area contributed by atoms with Crippen molar-refractivity contribution in [1.29, 1.82) is 0 Å². The van der Waals surface area contributed by atoms with Gasteiger partial charge in [0.25, 0.3) is 0 Å². The topological polar surface area (TPSA) is 0 Å². The summed E-state index contributed by atoms with van der Waals surface area (Å²) in [6.07, 6.45) is 0. The molecule has 0 spiro atoms. The van der Waals surface area contributed by atoms with Crippen LogP contribution in [0.4, 0.5) is 4.39 Å². The number of halogens is 4. The summed E-state index contributed by atoms with van der Waals surface area (Å²) in [6.45, 7) is 0. The molecule has 2 aromatic rings. The second-order valence-electron chi connectivity index (χ2n) is 3.22. The molecule has 0 bridgehead atoms. The maximum Gasteiger partial charge on any atom is 0.131 e. The van der Waals surface area contributed by atoms with Crippen LogP contribution in [0.5, 0.6) is 0 Å². The maximum absolute atomic E-state index is 13.6. The molecule has 0 aliphatic rings. The van der Waals surface area contributed by atoms with Crippen molar-refractivity contribution >= 4 is 34.8 Å². The van der Waals surface area contributed by atoms with E-state index >= 15 is 0 Å². The molecule has 4 heteroatoms. The van der Waals surface area contributed by atoms with Crippen LogP contribution < -0.4 is 0 Å². The second kappa shape index (κ2) is 4.62. The van der Waals surface area contributed by atoms with Gasteiger partial charge in [-0.2, -0.15) is 0 Å². The summed E-state index contributed by atoms with van der Waals surface area (Å²) in [5, 5.41) is 1.10. The van der Waals surface area contributed by atoms with Crippen molar-refractivity contribution in [3.05, 3.63) is 57.3 Å². The molecule has 0 saturated carbocycles. The minimum atomic E-state index is -0.367. The van der Waals surface area contributed by atoms with Crippen molar-refractivity contribution in [3.63, 3.8) is 0 Å². The molecule has 16 heavy (non-hydrogen) atoms. The van der Waals surface area contributed by atoms with Crippen molar-refractivity contribution in [1.82, 2.24) is 0 Å². The smallest absolute Gasteiger partial charge is 0.131 e. The van der Waals surface area contributed by atoms with Gasteiger partial charge in [0.2, 0.25) is 0 Å². The van der Waals surface area contributed by atoms with Crippen molar-refractivity contribution in [3.8, 4) is 11.1 Å². The van der Waals surface area contributed by atoms with E-state index in [1.807, 2.05) is 0 Å². The number of benzene rings is 2. The Morgan fingerprint density at radius 2 is 1.44 bits per heavy atom. The van der Waals surface area contributed by atoms with Crippen molar-refractivity contribution in [2.24, 2.45) is 0 Å². The third-order valence-corrected chi connectivity index (χ3v) is 2.96. The van der Waals surface area contributed by atoms with E-state index in [-0.39, 0.29) is 5.82 Å². The van der Waals surface area contributed by atoms with Gasteiger partial charge in [-0.05, 0) is 18.2 Å². The molecule has 0 heterocycles. The molecular formula is C12H6Cl3F. The molecule has 0 saturated heterocycles. The Hall–Kier alpha value is -0.760. The fourth-order valence-electron chi connectivity index (χ4n) is 1.46. The first-order valence-corrected chi connectivity index (χ1v) is 5.62. The van der Waals surface area contributed by atoms with E-state index in [1.54, 1.807) is 18.2 Å². The van der Waals surface area contributed by atoms with Crippen LogP contribution in [0.2, 0.25) is 15.1 Å². The summed E-state index contributed by atoms with van der Waals surface area (Å²) in [5.74, 6) is -0.367. The predicted octanol–water partition coefficient (Wildman–Crippen LogP) is 5.45. The lowest BCUT2D eigenvalue weighted by Gasteiger charge is -2.08. The lowest BCUT2D eigenvalue weighted by Crippen LogP contribution is -1.86. The first-order chi connectivity index (χ1) is 7.59. The van der Waals surface area contributed by atoms with Gasteiger partial charge >= 0.3 is 0 Å². The first kappa shape index (κ1) is 11.7. The number of hydrogen-bond acceptors (Lipinski definition) is 0. The van der Waals surface area contributed by atoms with Crippen LogP contribution in [0.1, 0.15) is 0 Å². The molecule has 82 valence electrons. The zero-order valence-electron chi connectivity index (χ0n) is 7.98. The highest BCUT2D eigenvalue weighted by molar-refractivity contribution is 6.41. The van der Waals surface area contributed by atoms with Crippen molar-refractivity contribution < 1.29 is 4.39 Å². The van der Waals surface area contributed by atoms with Crippen LogP contribution in [0.25, 0.3) is 11.1 Å². The Balaban J connectivity index is 2.70. The molecular weight excluding hydrogens is 269 g/mol. The zero-order chi connectivity index (χ0) is 11.7. The molecule has 2 rings (SSSR count). The summed E-state index contributed by atoms with van der Waals surface area (Å²) in [6, 6.07) is 9.39. The molecule has 2 aromatic carbocycles. The van der Waals surface area contributed by atoms with E-state index in [2.05, 4.69) is 0 Å². The van der Waals surface area contributed by atoms with Crippen LogP contribution in [-0.4, -0.2) is 0 Å². The quantitative estimate of drug-likeness (QED) is 0.649. The predicted molar refractivity (Wildman–Crippen MR) is 66.9 cm³/mol. The molecule has 0 nitrogen and oxygen atoms in total. The highest BCUT2D eigenvalue weighted by Crippen LogP contribution is 2.38. The molecule has 0 fully saturated rings. The van der Waals surface area contributed by atoms with Gasteiger partial charge in [-0.3, -0.25) is 0 Å². The van der Waals surface area contributed by atoms with E-state index in [1.165, 1.54) is 18.2 Å². The molecule has 0 aromatic heterocycles. The number of rotatable bonds is 1. The van der Waals surface area contributed by atoms with Crippen LogP contribution in [0.3, 0.4) is 0 Å². The van der Waals surface area contributed by atoms with Gasteiger partial charge in [0.15, 0.2) is 0 Å². The van der Waals surface area contributed by atoms with Gasteiger partial charge in [0.1, 0.15) is 5.82 Å². The largest absolute Gasteiger partial charge is 0.206 e. The third-order valence-electron chi connectivity index (χ3n) is 2.15. The zero-order valence-corrected chi connectivity index (χ0v) is 10.2. The minimum Gasteiger partial charge on any atom is -0.206 e. The van der Waals surface area contributed by atoms with Crippen LogP contribution in [0.15, 0.2) is 36.4 Å². The van der Waals surface area contributed by atoms with Crippen LogP contribution in [0, 0.1) is 5.82 Å². The molecule has 0 aliphatic carbocycles. The van der Waals surface area contributed by atoms with Gasteiger partial charge in [-0.15, -0.1) is 0 Å². The Bertz CT molecular complexity index is 515. The van der Waals surface area contributed by atoms with Crippen LogP contribution >= 0.6 is 34.8 Å². The van der Waals surface area contributed by atoms with E-state index < -0.39 is 0 Å². The normalized spacial score (nSPS) is 10.5. The summed E-state index contributed by atoms with van der Waals surface area (Å²) in [7, 11) is 0. The van der Waals surface area contributed by atoms with Crippen molar-refractivity contribution in [2.45, 2.75) is 0 Å². The fraction of sp³-hybridized carbons (Fsp3) is 0. The van der Waals surface area contributed by atoms with E-state index in [9.17, 15) is 4.39 Å². The van der Waals surface area contributed by atoms with Gasteiger partial charge in [0.05, 0.1) is 10.0 Å². The molecule has 0 unspecified atom stereocenters. The monoisotopic (exact) mass is 274 g/mol. The van der Waals surface area contributed by atoms with Crippen LogP contribution in [-0.2, 0) is 0 Å².